The summed E-state index contributed by atoms with van der Waals surface area (Å²) >= 11 is 4.59. The average Bonchev–Trinajstić information content (AvgIpc) is 2.79. The number of aromatic nitrogens is 1. The standard InChI is InChI=1S/C13H11BrN2O2S/c1-7-4-10(18-3)8(5-9(7)17-2)13-16-12(14)11(6-15)19-13/h4-5H,1-3H3. The molecule has 0 radical (unpaired) electrons. The number of nitriles is 1. The van der Waals surface area contributed by atoms with E-state index in [1.54, 1.807) is 14.2 Å². The Bertz CT molecular complexity index is 661. The molecular formula is C13H11BrN2O2S. The fraction of sp³-hybridized carbons (Fsp3) is 0.231. The van der Waals surface area contributed by atoms with Crippen molar-refractivity contribution in [2.75, 3.05) is 14.2 Å². The monoisotopic (exact) mass is 338 g/mol. The van der Waals surface area contributed by atoms with Gasteiger partial charge in [0.2, 0.25) is 0 Å². The van der Waals surface area contributed by atoms with Gasteiger partial charge < -0.3 is 9.47 Å². The first-order valence-corrected chi connectivity index (χ1v) is 7.01. The van der Waals surface area contributed by atoms with Crippen LogP contribution in [0, 0.1) is 18.3 Å². The van der Waals surface area contributed by atoms with Crippen molar-refractivity contribution >= 4 is 27.3 Å². The van der Waals surface area contributed by atoms with Gasteiger partial charge in [-0.3, -0.25) is 0 Å². The second-order valence-corrected chi connectivity index (χ2v) is 5.52. The van der Waals surface area contributed by atoms with Crippen LogP contribution in [0.1, 0.15) is 10.4 Å². The minimum Gasteiger partial charge on any atom is -0.496 e. The SMILES string of the molecule is COc1cc(-c2nc(Br)c(C#N)s2)c(OC)cc1C. The topological polar surface area (TPSA) is 55.1 Å². The van der Waals surface area contributed by atoms with E-state index < -0.39 is 0 Å². The summed E-state index contributed by atoms with van der Waals surface area (Å²) in [5.74, 6) is 1.48. The number of hydrogen-bond acceptors (Lipinski definition) is 5. The number of nitrogens with zero attached hydrogens (tertiary/aromatic N) is 2. The maximum absolute atomic E-state index is 8.98. The third-order valence-electron chi connectivity index (χ3n) is 2.63. The Labute approximate surface area is 123 Å². The fourth-order valence-corrected chi connectivity index (χ4v) is 3.10. The summed E-state index contributed by atoms with van der Waals surface area (Å²) < 4.78 is 11.2. The van der Waals surface area contributed by atoms with Crippen LogP contribution in [-0.4, -0.2) is 19.2 Å². The van der Waals surface area contributed by atoms with Crippen LogP contribution in [-0.2, 0) is 0 Å². The molecule has 1 heterocycles. The molecule has 0 unspecified atom stereocenters. The van der Waals surface area contributed by atoms with Gasteiger partial charge >= 0.3 is 0 Å². The predicted molar refractivity (Wildman–Crippen MR) is 77.8 cm³/mol. The first-order valence-electron chi connectivity index (χ1n) is 5.40. The number of methoxy groups -OCH3 is 2. The van der Waals surface area contributed by atoms with Crippen LogP contribution in [0.25, 0.3) is 10.6 Å². The molecule has 0 bridgehead atoms. The van der Waals surface area contributed by atoms with Crippen LogP contribution in [0.4, 0.5) is 0 Å². The molecule has 0 saturated carbocycles. The lowest BCUT2D eigenvalue weighted by Gasteiger charge is -2.11. The van der Waals surface area contributed by atoms with Crippen molar-refractivity contribution in [3.63, 3.8) is 0 Å². The Hall–Kier alpha value is -1.58. The van der Waals surface area contributed by atoms with Gasteiger partial charge in [0.15, 0.2) is 0 Å². The van der Waals surface area contributed by atoms with Crippen LogP contribution in [0.2, 0.25) is 0 Å². The molecule has 2 aromatic rings. The zero-order valence-electron chi connectivity index (χ0n) is 10.7. The molecule has 0 aliphatic rings. The summed E-state index contributed by atoms with van der Waals surface area (Å²) in [5, 5.41) is 9.71. The van der Waals surface area contributed by atoms with Crippen molar-refractivity contribution in [2.24, 2.45) is 0 Å². The Morgan fingerprint density at radius 2 is 1.95 bits per heavy atom. The summed E-state index contributed by atoms with van der Waals surface area (Å²) in [6, 6.07) is 5.87. The molecular weight excluding hydrogens is 328 g/mol. The molecule has 4 nitrogen and oxygen atoms in total. The minimum atomic E-state index is 0.539. The van der Waals surface area contributed by atoms with Crippen LogP contribution >= 0.6 is 27.3 Å². The molecule has 1 aromatic carbocycles. The molecule has 98 valence electrons. The summed E-state index contributed by atoms with van der Waals surface area (Å²) in [6.07, 6.45) is 0. The van der Waals surface area contributed by atoms with Crippen LogP contribution in [0.3, 0.4) is 0 Å². The highest BCUT2D eigenvalue weighted by Gasteiger charge is 2.16. The van der Waals surface area contributed by atoms with Gasteiger partial charge in [-0.1, -0.05) is 0 Å². The largest absolute Gasteiger partial charge is 0.496 e. The summed E-state index contributed by atoms with van der Waals surface area (Å²) in [5.41, 5.74) is 1.80. The molecule has 0 amide bonds. The highest BCUT2D eigenvalue weighted by Crippen LogP contribution is 2.39. The average molecular weight is 339 g/mol. The first-order chi connectivity index (χ1) is 9.10. The Morgan fingerprint density at radius 1 is 1.26 bits per heavy atom. The third kappa shape index (κ3) is 2.57. The smallest absolute Gasteiger partial charge is 0.139 e. The van der Waals surface area contributed by atoms with Gasteiger partial charge in [-0.05, 0) is 40.5 Å². The van der Waals surface area contributed by atoms with Crippen molar-refractivity contribution < 1.29 is 9.47 Å². The van der Waals surface area contributed by atoms with E-state index in [-0.39, 0.29) is 0 Å². The van der Waals surface area contributed by atoms with Crippen LogP contribution < -0.4 is 9.47 Å². The molecule has 0 fully saturated rings. The summed E-state index contributed by atoms with van der Waals surface area (Å²) in [4.78, 5) is 4.88. The number of benzene rings is 1. The second kappa shape index (κ2) is 5.59. The van der Waals surface area contributed by atoms with Gasteiger partial charge in [0.1, 0.15) is 32.1 Å². The van der Waals surface area contributed by atoms with E-state index in [1.165, 1.54) is 11.3 Å². The molecule has 2 rings (SSSR count). The predicted octanol–water partition coefficient (Wildman–Crippen LogP) is 3.77. The molecule has 19 heavy (non-hydrogen) atoms. The van der Waals surface area contributed by atoms with Crippen molar-refractivity contribution in [3.05, 3.63) is 27.2 Å². The molecule has 0 aliphatic carbocycles. The molecule has 0 saturated heterocycles. The van der Waals surface area contributed by atoms with Gasteiger partial charge in [-0.2, -0.15) is 5.26 Å². The van der Waals surface area contributed by atoms with Gasteiger partial charge in [-0.25, -0.2) is 4.98 Å². The Morgan fingerprint density at radius 3 is 2.47 bits per heavy atom. The molecule has 1 aromatic heterocycles. The normalized spacial score (nSPS) is 10.1. The number of thiazole rings is 1. The van der Waals surface area contributed by atoms with Crippen molar-refractivity contribution in [1.29, 1.82) is 5.26 Å². The maximum atomic E-state index is 8.98. The second-order valence-electron chi connectivity index (χ2n) is 3.77. The van der Waals surface area contributed by atoms with E-state index in [4.69, 9.17) is 14.7 Å². The lowest BCUT2D eigenvalue weighted by atomic mass is 10.1. The summed E-state index contributed by atoms with van der Waals surface area (Å²) in [6.45, 7) is 1.95. The zero-order valence-corrected chi connectivity index (χ0v) is 13.1. The Balaban J connectivity index is 2.63. The lowest BCUT2D eigenvalue weighted by molar-refractivity contribution is 0.402. The fourth-order valence-electron chi connectivity index (χ4n) is 1.70. The molecule has 0 N–H and O–H groups in total. The molecule has 6 heteroatoms. The summed E-state index contributed by atoms with van der Waals surface area (Å²) in [7, 11) is 3.23. The van der Waals surface area contributed by atoms with Gasteiger partial charge in [0.05, 0.1) is 19.8 Å². The number of aryl methyl sites for hydroxylation is 1. The van der Waals surface area contributed by atoms with Crippen LogP contribution in [0.15, 0.2) is 16.7 Å². The van der Waals surface area contributed by atoms with E-state index in [1.807, 2.05) is 19.1 Å². The number of ether oxygens (including phenoxy) is 2. The molecule has 0 aliphatic heterocycles. The number of halogens is 1. The van der Waals surface area contributed by atoms with E-state index >= 15 is 0 Å². The minimum absolute atomic E-state index is 0.539. The third-order valence-corrected chi connectivity index (χ3v) is 4.46. The van der Waals surface area contributed by atoms with E-state index in [2.05, 4.69) is 27.0 Å². The molecule has 0 spiro atoms. The van der Waals surface area contributed by atoms with Gasteiger partial charge in [-0.15, -0.1) is 11.3 Å². The van der Waals surface area contributed by atoms with E-state index in [0.29, 0.717) is 15.2 Å². The van der Waals surface area contributed by atoms with E-state index in [9.17, 15) is 0 Å². The number of hydrogen-bond donors (Lipinski definition) is 0. The molecule has 0 atom stereocenters. The van der Waals surface area contributed by atoms with Crippen LogP contribution in [0.5, 0.6) is 11.5 Å². The van der Waals surface area contributed by atoms with Gasteiger partial charge in [0, 0.05) is 0 Å². The quantitative estimate of drug-likeness (QED) is 0.854. The first kappa shape index (κ1) is 13.8. The zero-order chi connectivity index (χ0) is 14.0. The lowest BCUT2D eigenvalue weighted by Crippen LogP contribution is -1.93. The van der Waals surface area contributed by atoms with E-state index in [0.717, 1.165) is 21.9 Å². The maximum Gasteiger partial charge on any atom is 0.139 e. The van der Waals surface area contributed by atoms with Crippen molar-refractivity contribution in [1.82, 2.24) is 4.98 Å². The van der Waals surface area contributed by atoms with Crippen molar-refractivity contribution in [3.8, 4) is 28.1 Å². The van der Waals surface area contributed by atoms with Crippen molar-refractivity contribution in [2.45, 2.75) is 6.92 Å². The highest BCUT2D eigenvalue weighted by molar-refractivity contribution is 9.10. The van der Waals surface area contributed by atoms with Gasteiger partial charge in [0.25, 0.3) is 0 Å². The number of rotatable bonds is 3. The Kier molecular flexibility index (Phi) is 4.08. The highest BCUT2D eigenvalue weighted by atomic mass is 79.9.